The first-order valence-corrected chi connectivity index (χ1v) is 11.3. The van der Waals surface area contributed by atoms with E-state index in [4.69, 9.17) is 9.47 Å². The molecule has 1 fully saturated rings. The van der Waals surface area contributed by atoms with Crippen molar-refractivity contribution in [2.45, 2.75) is 90.9 Å². The molecule has 1 heterocycles. The molecule has 0 aromatic heterocycles. The Kier molecular flexibility index (Phi) is 10.7. The van der Waals surface area contributed by atoms with Crippen molar-refractivity contribution in [3.8, 4) is 0 Å². The number of rotatable bonds is 11. The van der Waals surface area contributed by atoms with Gasteiger partial charge in [0.25, 0.3) is 0 Å². The lowest BCUT2D eigenvalue weighted by atomic mass is 9.79. The van der Waals surface area contributed by atoms with Crippen LogP contribution >= 0.6 is 0 Å². The van der Waals surface area contributed by atoms with Gasteiger partial charge in [-0.3, -0.25) is 9.59 Å². The number of allylic oxidation sites excluding steroid dienone is 1. The maximum absolute atomic E-state index is 13.6. The average Bonchev–Trinajstić information content (AvgIpc) is 3.08. The molecule has 0 spiro atoms. The Bertz CT molecular complexity index is 626. The molecule has 0 aliphatic carbocycles. The van der Waals surface area contributed by atoms with Crippen LogP contribution in [-0.4, -0.2) is 59.3 Å². The molecular formula is C24H41NO6. The third-order valence-electron chi connectivity index (χ3n) is 5.82. The van der Waals surface area contributed by atoms with Gasteiger partial charge in [0.1, 0.15) is 11.6 Å². The summed E-state index contributed by atoms with van der Waals surface area (Å²) in [5, 5.41) is 10.1. The normalized spacial score (nSPS) is 21.8. The van der Waals surface area contributed by atoms with Crippen LogP contribution in [0, 0.1) is 17.8 Å². The fourth-order valence-corrected chi connectivity index (χ4v) is 4.30. The Morgan fingerprint density at radius 3 is 2.45 bits per heavy atom. The molecule has 0 saturated carbocycles. The van der Waals surface area contributed by atoms with Crippen LogP contribution in [0.15, 0.2) is 12.7 Å². The summed E-state index contributed by atoms with van der Waals surface area (Å²) in [6.07, 6.45) is 4.54. The molecule has 5 atom stereocenters. The second-order valence-electron chi connectivity index (χ2n) is 9.69. The van der Waals surface area contributed by atoms with Crippen LogP contribution in [-0.2, 0) is 23.9 Å². The van der Waals surface area contributed by atoms with Crippen LogP contribution in [0.1, 0.15) is 73.1 Å². The minimum atomic E-state index is -0.829. The van der Waals surface area contributed by atoms with Gasteiger partial charge in [-0.15, -0.1) is 6.58 Å². The van der Waals surface area contributed by atoms with Gasteiger partial charge in [0.2, 0.25) is 5.91 Å². The SMILES string of the molecule is C=CCCC(C)C[C@@H](CC)[C@H](CC(=O)OC(C)(C)C)C(=O)N1C[C@H](O)C[C@H]1C(=O)OC. The molecule has 0 radical (unpaired) electrons. The summed E-state index contributed by atoms with van der Waals surface area (Å²) in [4.78, 5) is 39.9. The van der Waals surface area contributed by atoms with Gasteiger partial charge in [-0.2, -0.15) is 0 Å². The van der Waals surface area contributed by atoms with Crippen LogP contribution in [0.4, 0.5) is 0 Å². The summed E-state index contributed by atoms with van der Waals surface area (Å²) in [5.74, 6) is -1.58. The first-order valence-electron chi connectivity index (χ1n) is 11.3. The Balaban J connectivity index is 3.14. The molecule has 1 amide bonds. The highest BCUT2D eigenvalue weighted by Gasteiger charge is 2.44. The molecule has 1 unspecified atom stereocenters. The number of β-amino-alcohol motifs (C(OH)–C–C–N with tert-alkyl or cyclic N) is 1. The van der Waals surface area contributed by atoms with Crippen molar-refractivity contribution >= 4 is 17.8 Å². The number of nitrogens with zero attached hydrogens (tertiary/aromatic N) is 1. The maximum atomic E-state index is 13.6. The summed E-state index contributed by atoms with van der Waals surface area (Å²) >= 11 is 0. The van der Waals surface area contributed by atoms with Crippen LogP contribution in [0.3, 0.4) is 0 Å². The molecule has 1 aliphatic heterocycles. The molecular weight excluding hydrogens is 398 g/mol. The molecule has 1 rings (SSSR count). The van der Waals surface area contributed by atoms with Gasteiger partial charge in [-0.1, -0.05) is 26.3 Å². The largest absolute Gasteiger partial charge is 0.467 e. The predicted octanol–water partition coefficient (Wildman–Crippen LogP) is 3.49. The standard InChI is InChI=1S/C24H41NO6/c1-8-10-11-16(3)12-17(9-2)19(14-21(27)31-24(4,5)6)22(28)25-15-18(26)13-20(25)23(29)30-7/h8,16-20,26H,1,9-15H2,2-7H3/t16?,17-,18-,19+,20+/m1/s1. The Hall–Kier alpha value is -1.89. The van der Waals surface area contributed by atoms with Crippen LogP contribution in [0.25, 0.3) is 0 Å². The summed E-state index contributed by atoms with van der Waals surface area (Å²) in [6.45, 7) is 13.4. The molecule has 1 saturated heterocycles. The van der Waals surface area contributed by atoms with Gasteiger partial charge in [0, 0.05) is 13.0 Å². The molecule has 7 heteroatoms. The van der Waals surface area contributed by atoms with Crippen molar-refractivity contribution in [3.05, 3.63) is 12.7 Å². The van der Waals surface area contributed by atoms with Crippen molar-refractivity contribution < 1.29 is 29.0 Å². The van der Waals surface area contributed by atoms with Crippen molar-refractivity contribution in [2.24, 2.45) is 17.8 Å². The number of amides is 1. The van der Waals surface area contributed by atoms with Gasteiger partial charge in [-0.25, -0.2) is 4.79 Å². The molecule has 0 bridgehead atoms. The zero-order valence-corrected chi connectivity index (χ0v) is 20.1. The summed E-state index contributed by atoms with van der Waals surface area (Å²) in [7, 11) is 1.27. The van der Waals surface area contributed by atoms with E-state index >= 15 is 0 Å². The van der Waals surface area contributed by atoms with Crippen LogP contribution in [0.2, 0.25) is 0 Å². The fourth-order valence-electron chi connectivity index (χ4n) is 4.30. The first kappa shape index (κ1) is 27.1. The second kappa shape index (κ2) is 12.2. The van der Waals surface area contributed by atoms with Gasteiger partial charge >= 0.3 is 11.9 Å². The van der Waals surface area contributed by atoms with Crippen molar-refractivity contribution in [1.29, 1.82) is 0 Å². The predicted molar refractivity (Wildman–Crippen MR) is 119 cm³/mol. The van der Waals surface area contributed by atoms with Crippen molar-refractivity contribution in [2.75, 3.05) is 13.7 Å². The Labute approximate surface area is 187 Å². The second-order valence-corrected chi connectivity index (χ2v) is 9.69. The zero-order valence-electron chi connectivity index (χ0n) is 20.1. The lowest BCUT2D eigenvalue weighted by Gasteiger charge is -2.33. The van der Waals surface area contributed by atoms with E-state index in [2.05, 4.69) is 13.5 Å². The Morgan fingerprint density at radius 2 is 1.94 bits per heavy atom. The quantitative estimate of drug-likeness (QED) is 0.391. The number of esters is 2. The number of ether oxygens (including phenoxy) is 2. The number of methoxy groups -OCH3 is 1. The highest BCUT2D eigenvalue weighted by Crippen LogP contribution is 2.33. The van der Waals surface area contributed by atoms with Gasteiger partial charge in [0.15, 0.2) is 0 Å². The van der Waals surface area contributed by atoms with Crippen molar-refractivity contribution in [3.63, 3.8) is 0 Å². The van der Waals surface area contributed by atoms with E-state index in [1.54, 1.807) is 20.8 Å². The number of carbonyl (C=O) groups excluding carboxylic acids is 3. The molecule has 1 N–H and O–H groups in total. The highest BCUT2D eigenvalue weighted by molar-refractivity contribution is 5.89. The van der Waals surface area contributed by atoms with Crippen molar-refractivity contribution in [1.82, 2.24) is 4.90 Å². The fraction of sp³-hybridized carbons (Fsp3) is 0.792. The summed E-state index contributed by atoms with van der Waals surface area (Å²) < 4.78 is 10.3. The van der Waals surface area contributed by atoms with E-state index in [1.807, 2.05) is 13.0 Å². The maximum Gasteiger partial charge on any atom is 0.328 e. The van der Waals surface area contributed by atoms with Gasteiger partial charge < -0.3 is 19.5 Å². The first-order chi connectivity index (χ1) is 14.4. The topological polar surface area (TPSA) is 93.1 Å². The zero-order chi connectivity index (χ0) is 23.8. The molecule has 0 aromatic rings. The lowest BCUT2D eigenvalue weighted by molar-refractivity contribution is -0.161. The van der Waals surface area contributed by atoms with Crippen LogP contribution in [0.5, 0.6) is 0 Å². The van der Waals surface area contributed by atoms with E-state index in [-0.39, 0.29) is 31.2 Å². The van der Waals surface area contributed by atoms with E-state index in [0.29, 0.717) is 5.92 Å². The molecule has 7 nitrogen and oxygen atoms in total. The van der Waals surface area contributed by atoms with Crippen LogP contribution < -0.4 is 0 Å². The number of aliphatic hydroxyl groups excluding tert-OH is 1. The summed E-state index contributed by atoms with van der Waals surface area (Å²) in [6, 6.07) is -0.829. The number of aliphatic hydroxyl groups is 1. The number of carbonyl (C=O) groups is 3. The number of likely N-dealkylation sites (tertiary alicyclic amines) is 1. The summed E-state index contributed by atoms with van der Waals surface area (Å²) in [5.41, 5.74) is -0.651. The molecule has 1 aliphatic rings. The number of hydrogen-bond donors (Lipinski definition) is 1. The Morgan fingerprint density at radius 1 is 1.29 bits per heavy atom. The molecule has 31 heavy (non-hydrogen) atoms. The third-order valence-corrected chi connectivity index (χ3v) is 5.82. The smallest absolute Gasteiger partial charge is 0.328 e. The van der Waals surface area contributed by atoms with E-state index in [9.17, 15) is 19.5 Å². The number of hydrogen-bond acceptors (Lipinski definition) is 6. The van der Waals surface area contributed by atoms with E-state index in [0.717, 1.165) is 25.7 Å². The van der Waals surface area contributed by atoms with Gasteiger partial charge in [0.05, 0.1) is 25.6 Å². The monoisotopic (exact) mass is 439 g/mol. The van der Waals surface area contributed by atoms with E-state index in [1.165, 1.54) is 12.0 Å². The minimum Gasteiger partial charge on any atom is -0.467 e. The lowest BCUT2D eigenvalue weighted by Crippen LogP contribution is -2.46. The highest BCUT2D eigenvalue weighted by atomic mass is 16.6. The van der Waals surface area contributed by atoms with Gasteiger partial charge in [-0.05, 0) is 51.9 Å². The van der Waals surface area contributed by atoms with E-state index < -0.39 is 35.6 Å². The average molecular weight is 440 g/mol. The molecule has 0 aromatic carbocycles. The minimum absolute atomic E-state index is 0.0455. The molecule has 178 valence electrons. The third kappa shape index (κ3) is 8.63.